The molecule has 3 atom stereocenters. The third-order valence-corrected chi connectivity index (χ3v) is 4.33. The van der Waals surface area contributed by atoms with Gasteiger partial charge in [-0.1, -0.05) is 35.8 Å². The molecule has 2 nitrogen and oxygen atoms in total. The van der Waals surface area contributed by atoms with Gasteiger partial charge in [0.2, 0.25) is 0 Å². The van der Waals surface area contributed by atoms with Crippen molar-refractivity contribution in [2.45, 2.75) is 33.2 Å². The van der Waals surface area contributed by atoms with Gasteiger partial charge in [-0.15, -0.1) is 0 Å². The molecule has 18 heavy (non-hydrogen) atoms. The molecule has 0 spiro atoms. The van der Waals surface area contributed by atoms with Crippen LogP contribution in [0.15, 0.2) is 22.7 Å². The fourth-order valence-electron chi connectivity index (χ4n) is 2.54. The second kappa shape index (κ2) is 6.07. The van der Waals surface area contributed by atoms with Crippen molar-refractivity contribution < 1.29 is 4.74 Å². The summed E-state index contributed by atoms with van der Waals surface area (Å²) in [6.07, 6.45) is 1.33. The van der Waals surface area contributed by atoms with Crippen LogP contribution in [0, 0.1) is 11.8 Å². The minimum atomic E-state index is 0.468. The van der Waals surface area contributed by atoms with Crippen LogP contribution in [0.25, 0.3) is 0 Å². The average molecular weight is 312 g/mol. The maximum atomic E-state index is 5.53. The van der Waals surface area contributed by atoms with Crippen molar-refractivity contribution in [1.29, 1.82) is 0 Å². The van der Waals surface area contributed by atoms with E-state index < -0.39 is 0 Å². The predicted molar refractivity (Wildman–Crippen MR) is 79.0 cm³/mol. The van der Waals surface area contributed by atoms with Crippen molar-refractivity contribution in [2.24, 2.45) is 11.8 Å². The summed E-state index contributed by atoms with van der Waals surface area (Å²) in [5.74, 6) is 2.55. The van der Waals surface area contributed by atoms with E-state index in [-0.39, 0.29) is 0 Å². The number of benzene rings is 1. The molecule has 100 valence electrons. The molecular weight excluding hydrogens is 290 g/mol. The lowest BCUT2D eigenvalue weighted by Crippen LogP contribution is -2.23. The number of hydrogen-bond acceptors (Lipinski definition) is 2. The molecule has 0 heterocycles. The van der Waals surface area contributed by atoms with Crippen LogP contribution in [0.4, 0.5) is 0 Å². The Kier molecular flexibility index (Phi) is 4.68. The van der Waals surface area contributed by atoms with E-state index in [9.17, 15) is 0 Å². The van der Waals surface area contributed by atoms with Crippen molar-refractivity contribution in [1.82, 2.24) is 5.32 Å². The van der Waals surface area contributed by atoms with Gasteiger partial charge in [0.15, 0.2) is 0 Å². The van der Waals surface area contributed by atoms with Crippen molar-refractivity contribution >= 4 is 15.9 Å². The van der Waals surface area contributed by atoms with Crippen LogP contribution in [-0.2, 0) is 0 Å². The minimum absolute atomic E-state index is 0.468. The number of nitrogens with one attached hydrogen (secondary N) is 1. The molecule has 0 aliphatic heterocycles. The third-order valence-electron chi connectivity index (χ3n) is 3.64. The highest BCUT2D eigenvalue weighted by Crippen LogP contribution is 2.48. The summed E-state index contributed by atoms with van der Waals surface area (Å²) in [6.45, 7) is 8.23. The van der Waals surface area contributed by atoms with Crippen molar-refractivity contribution in [3.05, 3.63) is 28.2 Å². The molecule has 0 bridgehead atoms. The van der Waals surface area contributed by atoms with Crippen LogP contribution in [0.5, 0.6) is 5.75 Å². The first-order valence-corrected chi connectivity index (χ1v) is 7.62. The van der Waals surface area contributed by atoms with Crippen LogP contribution in [0.3, 0.4) is 0 Å². The van der Waals surface area contributed by atoms with E-state index in [1.807, 2.05) is 6.92 Å². The molecular formula is C15H22BrNO. The molecule has 1 aliphatic rings. The minimum Gasteiger partial charge on any atom is -0.494 e. The van der Waals surface area contributed by atoms with E-state index in [1.54, 1.807) is 0 Å². The van der Waals surface area contributed by atoms with Crippen LogP contribution >= 0.6 is 15.9 Å². The second-order valence-corrected chi connectivity index (χ2v) is 5.88. The summed E-state index contributed by atoms with van der Waals surface area (Å²) in [5, 5.41) is 3.61. The number of rotatable bonds is 6. The summed E-state index contributed by atoms with van der Waals surface area (Å²) in [6, 6.07) is 6.81. The van der Waals surface area contributed by atoms with Crippen LogP contribution in [0.2, 0.25) is 0 Å². The first-order chi connectivity index (χ1) is 8.67. The lowest BCUT2D eigenvalue weighted by molar-refractivity contribution is 0.339. The number of hydrogen-bond donors (Lipinski definition) is 1. The van der Waals surface area contributed by atoms with Gasteiger partial charge in [0, 0.05) is 10.5 Å². The molecule has 3 heteroatoms. The van der Waals surface area contributed by atoms with Gasteiger partial charge in [-0.05, 0) is 49.4 Å². The average Bonchev–Trinajstić information content (AvgIpc) is 3.05. The third kappa shape index (κ3) is 3.07. The van der Waals surface area contributed by atoms with Crippen LogP contribution < -0.4 is 10.1 Å². The van der Waals surface area contributed by atoms with E-state index in [1.165, 1.54) is 12.0 Å². The van der Waals surface area contributed by atoms with Crippen LogP contribution in [-0.4, -0.2) is 13.2 Å². The summed E-state index contributed by atoms with van der Waals surface area (Å²) < 4.78 is 6.68. The molecule has 0 amide bonds. The standard InChI is InChI=1S/C15H22BrNO/c1-4-17-15(13-8-10(13)3)12-7-6-11(18-5-2)9-14(12)16/h6-7,9-10,13,15,17H,4-5,8H2,1-3H3. The Bertz CT molecular complexity index is 407. The maximum Gasteiger partial charge on any atom is 0.120 e. The molecule has 1 aromatic rings. The van der Waals surface area contributed by atoms with Crippen LogP contribution in [0.1, 0.15) is 38.8 Å². The molecule has 0 radical (unpaired) electrons. The second-order valence-electron chi connectivity index (χ2n) is 5.03. The zero-order valence-electron chi connectivity index (χ0n) is 11.4. The van der Waals surface area contributed by atoms with E-state index in [4.69, 9.17) is 4.74 Å². The first kappa shape index (κ1) is 13.9. The Morgan fingerprint density at radius 1 is 1.44 bits per heavy atom. The summed E-state index contributed by atoms with van der Waals surface area (Å²) in [5.41, 5.74) is 1.36. The van der Waals surface area contributed by atoms with Gasteiger partial charge in [0.1, 0.15) is 5.75 Å². The van der Waals surface area contributed by atoms with Gasteiger partial charge in [-0.3, -0.25) is 0 Å². The Hall–Kier alpha value is -0.540. The van der Waals surface area contributed by atoms with Crippen molar-refractivity contribution in [2.75, 3.05) is 13.2 Å². The summed E-state index contributed by atoms with van der Waals surface area (Å²) in [7, 11) is 0. The topological polar surface area (TPSA) is 21.3 Å². The molecule has 0 aromatic heterocycles. The molecule has 3 unspecified atom stereocenters. The quantitative estimate of drug-likeness (QED) is 0.852. The lowest BCUT2D eigenvalue weighted by Gasteiger charge is -2.20. The predicted octanol–water partition coefficient (Wildman–Crippen LogP) is 4.15. The Balaban J connectivity index is 2.19. The molecule has 1 fully saturated rings. The van der Waals surface area contributed by atoms with Crippen molar-refractivity contribution in [3.63, 3.8) is 0 Å². The molecule has 1 aromatic carbocycles. The Morgan fingerprint density at radius 2 is 2.17 bits per heavy atom. The zero-order valence-corrected chi connectivity index (χ0v) is 13.0. The van der Waals surface area contributed by atoms with E-state index in [0.717, 1.165) is 28.6 Å². The molecule has 1 saturated carbocycles. The normalized spacial score (nSPS) is 23.8. The Morgan fingerprint density at radius 3 is 2.67 bits per heavy atom. The van der Waals surface area contributed by atoms with Gasteiger partial charge in [0.05, 0.1) is 6.61 Å². The number of ether oxygens (including phenoxy) is 1. The largest absolute Gasteiger partial charge is 0.494 e. The summed E-state index contributed by atoms with van der Waals surface area (Å²) in [4.78, 5) is 0. The van der Waals surface area contributed by atoms with Gasteiger partial charge < -0.3 is 10.1 Å². The zero-order chi connectivity index (χ0) is 13.1. The number of halogens is 1. The molecule has 0 saturated heterocycles. The Labute approximate surface area is 118 Å². The molecule has 1 N–H and O–H groups in total. The maximum absolute atomic E-state index is 5.53. The monoisotopic (exact) mass is 311 g/mol. The van der Waals surface area contributed by atoms with Gasteiger partial charge in [0.25, 0.3) is 0 Å². The smallest absolute Gasteiger partial charge is 0.120 e. The van der Waals surface area contributed by atoms with E-state index >= 15 is 0 Å². The van der Waals surface area contributed by atoms with Gasteiger partial charge in [-0.2, -0.15) is 0 Å². The van der Waals surface area contributed by atoms with Gasteiger partial charge >= 0.3 is 0 Å². The highest BCUT2D eigenvalue weighted by Gasteiger charge is 2.40. The van der Waals surface area contributed by atoms with Crippen molar-refractivity contribution in [3.8, 4) is 5.75 Å². The highest BCUT2D eigenvalue weighted by molar-refractivity contribution is 9.10. The lowest BCUT2D eigenvalue weighted by atomic mass is 10.0. The molecule has 1 aliphatic carbocycles. The SMILES string of the molecule is CCNC(c1ccc(OCC)cc1Br)C1CC1C. The fraction of sp³-hybridized carbons (Fsp3) is 0.600. The van der Waals surface area contributed by atoms with E-state index in [0.29, 0.717) is 12.6 Å². The first-order valence-electron chi connectivity index (χ1n) is 6.83. The van der Waals surface area contributed by atoms with E-state index in [2.05, 4.69) is 53.3 Å². The summed E-state index contributed by atoms with van der Waals surface area (Å²) >= 11 is 3.68. The van der Waals surface area contributed by atoms with Gasteiger partial charge in [-0.25, -0.2) is 0 Å². The molecule has 2 rings (SSSR count). The highest BCUT2D eigenvalue weighted by atomic mass is 79.9. The fourth-order valence-corrected chi connectivity index (χ4v) is 3.15.